The molecule has 0 saturated carbocycles. The lowest BCUT2D eigenvalue weighted by Crippen LogP contribution is -2.45. The van der Waals surface area contributed by atoms with E-state index in [4.69, 9.17) is 0 Å². The number of para-hydroxylation sites is 1. The fourth-order valence-electron chi connectivity index (χ4n) is 4.55. The Morgan fingerprint density at radius 1 is 1.19 bits per heavy atom. The van der Waals surface area contributed by atoms with Gasteiger partial charge in [0, 0.05) is 35.7 Å². The summed E-state index contributed by atoms with van der Waals surface area (Å²) in [6.07, 6.45) is 4.42. The largest absolute Gasteiger partial charge is 0.357 e. The maximum absolute atomic E-state index is 13.2. The predicted octanol–water partition coefficient (Wildman–Crippen LogP) is 4.34. The third-order valence-corrected chi connectivity index (χ3v) is 7.00. The Labute approximate surface area is 163 Å². The van der Waals surface area contributed by atoms with Crippen LogP contribution in [0.1, 0.15) is 41.4 Å². The first kappa shape index (κ1) is 17.0. The maximum Gasteiger partial charge on any atom is 0.237 e. The number of rotatable bonds is 3. The topological polar surface area (TPSA) is 39.3 Å². The molecule has 1 fully saturated rings. The van der Waals surface area contributed by atoms with Gasteiger partial charge in [0.05, 0.1) is 12.6 Å². The lowest BCUT2D eigenvalue weighted by Gasteiger charge is -2.37. The van der Waals surface area contributed by atoms with Crippen molar-refractivity contribution in [3.8, 4) is 0 Å². The van der Waals surface area contributed by atoms with Gasteiger partial charge in [0.1, 0.15) is 0 Å². The fourth-order valence-corrected chi connectivity index (χ4v) is 5.44. The quantitative estimate of drug-likeness (QED) is 0.735. The molecule has 1 amide bonds. The zero-order chi connectivity index (χ0) is 18.2. The Morgan fingerprint density at radius 2 is 2.11 bits per heavy atom. The Balaban J connectivity index is 1.33. The van der Waals surface area contributed by atoms with Gasteiger partial charge in [-0.2, -0.15) is 0 Å². The van der Waals surface area contributed by atoms with Gasteiger partial charge in [-0.1, -0.05) is 18.2 Å². The molecule has 140 valence electrons. The zero-order valence-corrected chi connectivity index (χ0v) is 16.3. The van der Waals surface area contributed by atoms with Crippen LogP contribution in [0.15, 0.2) is 41.8 Å². The van der Waals surface area contributed by atoms with E-state index in [0.29, 0.717) is 6.54 Å². The van der Waals surface area contributed by atoms with Crippen molar-refractivity contribution in [3.05, 3.63) is 57.9 Å². The highest BCUT2D eigenvalue weighted by molar-refractivity contribution is 7.10. The van der Waals surface area contributed by atoms with Gasteiger partial charge < -0.3 is 9.88 Å². The van der Waals surface area contributed by atoms with E-state index in [2.05, 4.69) is 56.6 Å². The van der Waals surface area contributed by atoms with Gasteiger partial charge in [-0.05, 0) is 60.2 Å². The standard InChI is InChI=1S/C22H25N3OS/c26-22(15-24-11-8-21-17(14-24)9-12-27-21)25-10-4-3-7-20(25)19-13-16-5-1-2-6-18(16)23-19/h1-2,5-6,9,12-13,20,23H,3-4,7-8,10-11,14-15H2/t20-/m0/s1. The minimum atomic E-state index is 0.181. The number of benzene rings is 1. The van der Waals surface area contributed by atoms with Crippen molar-refractivity contribution < 1.29 is 4.79 Å². The highest BCUT2D eigenvalue weighted by Crippen LogP contribution is 2.33. The molecule has 1 N–H and O–H groups in total. The summed E-state index contributed by atoms with van der Waals surface area (Å²) >= 11 is 1.85. The lowest BCUT2D eigenvalue weighted by molar-refractivity contribution is -0.136. The van der Waals surface area contributed by atoms with Crippen molar-refractivity contribution in [2.75, 3.05) is 19.6 Å². The molecule has 27 heavy (non-hydrogen) atoms. The van der Waals surface area contributed by atoms with Gasteiger partial charge in [-0.3, -0.25) is 9.69 Å². The first-order chi connectivity index (χ1) is 13.3. The van der Waals surface area contributed by atoms with Crippen molar-refractivity contribution in [3.63, 3.8) is 0 Å². The number of hydrogen-bond donors (Lipinski definition) is 1. The molecule has 2 aliphatic heterocycles. The molecule has 0 aliphatic carbocycles. The highest BCUT2D eigenvalue weighted by atomic mass is 32.1. The molecule has 3 aromatic rings. The number of thiophene rings is 1. The highest BCUT2D eigenvalue weighted by Gasteiger charge is 2.30. The van der Waals surface area contributed by atoms with Crippen LogP contribution in [0.25, 0.3) is 10.9 Å². The van der Waals surface area contributed by atoms with Gasteiger partial charge in [0.2, 0.25) is 5.91 Å². The minimum absolute atomic E-state index is 0.181. The predicted molar refractivity (Wildman–Crippen MR) is 110 cm³/mol. The number of amides is 1. The molecule has 2 aromatic heterocycles. The molecule has 2 aliphatic rings. The zero-order valence-electron chi connectivity index (χ0n) is 15.5. The molecule has 0 spiro atoms. The molecule has 4 heterocycles. The van der Waals surface area contributed by atoms with E-state index in [-0.39, 0.29) is 11.9 Å². The van der Waals surface area contributed by atoms with Crippen molar-refractivity contribution >= 4 is 28.1 Å². The summed E-state index contributed by atoms with van der Waals surface area (Å²) in [5, 5.41) is 3.40. The molecule has 1 saturated heterocycles. The molecule has 4 nitrogen and oxygen atoms in total. The normalized spacial score (nSPS) is 20.7. The first-order valence-electron chi connectivity index (χ1n) is 9.92. The van der Waals surface area contributed by atoms with Crippen LogP contribution in [0.3, 0.4) is 0 Å². The molecule has 0 unspecified atom stereocenters. The molecule has 5 rings (SSSR count). The number of fused-ring (bicyclic) bond motifs is 2. The fraction of sp³-hybridized carbons (Fsp3) is 0.409. The summed E-state index contributed by atoms with van der Waals surface area (Å²) in [4.78, 5) is 22.7. The second kappa shape index (κ2) is 7.13. The number of nitrogens with one attached hydrogen (secondary N) is 1. The Kier molecular flexibility index (Phi) is 4.50. The minimum Gasteiger partial charge on any atom is -0.357 e. The van der Waals surface area contributed by atoms with Gasteiger partial charge in [0.15, 0.2) is 0 Å². The van der Waals surface area contributed by atoms with Gasteiger partial charge in [0.25, 0.3) is 0 Å². The Morgan fingerprint density at radius 3 is 3.04 bits per heavy atom. The second-order valence-electron chi connectivity index (χ2n) is 7.74. The van der Waals surface area contributed by atoms with Crippen LogP contribution in [0, 0.1) is 0 Å². The van der Waals surface area contributed by atoms with Crippen LogP contribution in [-0.4, -0.2) is 40.3 Å². The van der Waals surface area contributed by atoms with E-state index in [9.17, 15) is 4.79 Å². The number of piperidine rings is 1. The van der Waals surface area contributed by atoms with Crippen molar-refractivity contribution in [1.29, 1.82) is 0 Å². The van der Waals surface area contributed by atoms with Crippen LogP contribution in [0.4, 0.5) is 0 Å². The summed E-state index contributed by atoms with van der Waals surface area (Å²) in [5.41, 5.74) is 3.75. The summed E-state index contributed by atoms with van der Waals surface area (Å²) in [7, 11) is 0. The number of hydrogen-bond acceptors (Lipinski definition) is 3. The van der Waals surface area contributed by atoms with E-state index < -0.39 is 0 Å². The van der Waals surface area contributed by atoms with E-state index in [1.165, 1.54) is 27.9 Å². The van der Waals surface area contributed by atoms with Crippen LogP contribution < -0.4 is 0 Å². The molecular formula is C22H25N3OS. The molecule has 5 heteroatoms. The van der Waals surface area contributed by atoms with E-state index in [0.717, 1.165) is 44.4 Å². The average Bonchev–Trinajstić information content (AvgIpc) is 3.34. The van der Waals surface area contributed by atoms with E-state index in [1.54, 1.807) is 0 Å². The molecule has 1 aromatic carbocycles. The van der Waals surface area contributed by atoms with Crippen molar-refractivity contribution in [2.24, 2.45) is 0 Å². The molecule has 0 radical (unpaired) electrons. The van der Waals surface area contributed by atoms with Crippen LogP contribution in [0.5, 0.6) is 0 Å². The SMILES string of the molecule is O=C(CN1CCc2sccc2C1)N1CCCC[C@H]1c1cc2ccccc2[nH]1. The second-order valence-corrected chi connectivity index (χ2v) is 8.74. The van der Waals surface area contributed by atoms with Crippen LogP contribution in [-0.2, 0) is 17.8 Å². The van der Waals surface area contributed by atoms with Gasteiger partial charge in [-0.15, -0.1) is 11.3 Å². The summed E-state index contributed by atoms with van der Waals surface area (Å²) in [6.45, 7) is 3.31. The smallest absolute Gasteiger partial charge is 0.237 e. The average molecular weight is 380 g/mol. The third kappa shape index (κ3) is 3.30. The first-order valence-corrected chi connectivity index (χ1v) is 10.8. The summed E-state index contributed by atoms with van der Waals surface area (Å²) < 4.78 is 0. The number of nitrogens with zero attached hydrogens (tertiary/aromatic N) is 2. The number of carbonyl (C=O) groups is 1. The Bertz CT molecular complexity index is 926. The summed E-state index contributed by atoms with van der Waals surface area (Å²) in [6, 6.07) is 13.0. The van der Waals surface area contributed by atoms with E-state index in [1.807, 2.05) is 11.3 Å². The van der Waals surface area contributed by atoms with Crippen LogP contribution in [0.2, 0.25) is 0 Å². The van der Waals surface area contributed by atoms with Crippen LogP contribution >= 0.6 is 11.3 Å². The molecular weight excluding hydrogens is 354 g/mol. The number of likely N-dealkylation sites (tertiary alicyclic amines) is 1. The van der Waals surface area contributed by atoms with Gasteiger partial charge in [-0.25, -0.2) is 0 Å². The number of H-pyrrole nitrogens is 1. The Hall–Kier alpha value is -2.11. The monoisotopic (exact) mass is 379 g/mol. The lowest BCUT2D eigenvalue weighted by atomic mass is 9.99. The molecule has 1 atom stereocenters. The third-order valence-electron chi connectivity index (χ3n) is 5.98. The molecule has 0 bridgehead atoms. The van der Waals surface area contributed by atoms with E-state index >= 15 is 0 Å². The van der Waals surface area contributed by atoms with Crippen molar-refractivity contribution in [1.82, 2.24) is 14.8 Å². The van der Waals surface area contributed by atoms with Crippen molar-refractivity contribution in [2.45, 2.75) is 38.3 Å². The number of aromatic amines is 1. The van der Waals surface area contributed by atoms with Gasteiger partial charge >= 0.3 is 0 Å². The number of carbonyl (C=O) groups excluding carboxylic acids is 1. The maximum atomic E-state index is 13.2. The number of aromatic nitrogens is 1. The summed E-state index contributed by atoms with van der Waals surface area (Å²) in [5.74, 6) is 0.275.